The monoisotopic (exact) mass is 1610 g/mol. The molecule has 9 saturated heterocycles. The third-order valence-corrected chi connectivity index (χ3v) is 20.3. The van der Waals surface area contributed by atoms with Crippen LogP contribution >= 0.6 is 0 Å². The summed E-state index contributed by atoms with van der Waals surface area (Å²) in [5.74, 6) is -3.55. The van der Waals surface area contributed by atoms with Gasteiger partial charge in [-0.05, 0) is 13.8 Å². The van der Waals surface area contributed by atoms with Crippen molar-refractivity contribution in [3.63, 3.8) is 0 Å². The number of aliphatic hydroxyl groups excluding tert-OH is 23. The number of aliphatic hydroxyl groups is 23. The Hall–Kier alpha value is -3.72. The topological polar surface area (TPSA) is 739 Å². The van der Waals surface area contributed by atoms with Crippen LogP contribution in [0.2, 0.25) is 0 Å². The van der Waals surface area contributed by atoms with E-state index in [1.165, 1.54) is 13.8 Å². The van der Waals surface area contributed by atoms with Crippen molar-refractivity contribution in [3.8, 4) is 0 Å². The van der Waals surface area contributed by atoms with Crippen molar-refractivity contribution in [2.24, 2.45) is 0 Å². The number of rotatable bonds is 27. The lowest BCUT2D eigenvalue weighted by Gasteiger charge is -2.51. The Balaban J connectivity index is 1.06. The van der Waals surface area contributed by atoms with Gasteiger partial charge >= 0.3 is 0 Å². The lowest BCUT2D eigenvalue weighted by Crippen LogP contribution is -2.71. The molecular weight excluding hydrogens is 1500 g/mol. The summed E-state index contributed by atoms with van der Waals surface area (Å²) in [6, 6.07) is -7.31. The van der Waals surface area contributed by atoms with Gasteiger partial charge in [-0.1, -0.05) is 0 Å². The Morgan fingerprint density at radius 1 is 0.255 bits per heavy atom. The minimum atomic E-state index is -2.55. The highest BCUT2D eigenvalue weighted by atomic mass is 16.8. The minimum Gasteiger partial charge on any atom is -0.394 e. The summed E-state index contributed by atoms with van der Waals surface area (Å²) >= 11 is 0. The molecule has 48 heteroatoms. The Morgan fingerprint density at radius 2 is 0.582 bits per heavy atom. The van der Waals surface area contributed by atoms with Gasteiger partial charge in [-0.25, -0.2) is 0 Å². The molecule has 0 aliphatic carbocycles. The Bertz CT molecular complexity index is 2940. The van der Waals surface area contributed by atoms with Gasteiger partial charge in [0.1, 0.15) is 207 Å². The Labute approximate surface area is 624 Å². The van der Waals surface area contributed by atoms with Gasteiger partial charge in [-0.2, -0.15) is 0 Å². The van der Waals surface area contributed by atoms with E-state index >= 15 is 0 Å². The van der Waals surface area contributed by atoms with E-state index in [2.05, 4.69) is 21.3 Å². The van der Waals surface area contributed by atoms with Gasteiger partial charge in [0.15, 0.2) is 56.6 Å². The molecule has 110 heavy (non-hydrogen) atoms. The summed E-state index contributed by atoms with van der Waals surface area (Å²) in [6.45, 7) is -1.01. The second-order valence-electron chi connectivity index (χ2n) is 28.2. The minimum absolute atomic E-state index is 0.823. The van der Waals surface area contributed by atoms with Crippen LogP contribution in [0, 0.1) is 0 Å². The Kier molecular flexibility index (Phi) is 32.0. The summed E-state index contributed by atoms with van der Waals surface area (Å²) in [7, 11) is 0. The first kappa shape index (κ1) is 90.2. The van der Waals surface area contributed by atoms with Crippen LogP contribution < -0.4 is 21.3 Å². The molecule has 0 bridgehead atoms. The number of amides is 4. The molecule has 0 aromatic heterocycles. The maximum Gasteiger partial charge on any atom is 0.217 e. The van der Waals surface area contributed by atoms with E-state index in [1.54, 1.807) is 0 Å². The van der Waals surface area contributed by atoms with Crippen LogP contribution in [-0.4, -0.2) is 463 Å². The van der Waals surface area contributed by atoms with E-state index in [4.69, 9.17) is 80.5 Å². The van der Waals surface area contributed by atoms with E-state index < -0.39 is 346 Å². The van der Waals surface area contributed by atoms with Gasteiger partial charge in [0, 0.05) is 27.7 Å². The molecular formula is C62H104N4O44. The van der Waals surface area contributed by atoms with Crippen LogP contribution in [0.5, 0.6) is 0 Å². The average Bonchev–Trinajstić information content (AvgIpc) is 0.772. The molecule has 0 aromatic rings. The summed E-state index contributed by atoms with van der Waals surface area (Å²) in [5, 5.41) is 266. The Morgan fingerprint density at radius 3 is 1.10 bits per heavy atom. The van der Waals surface area contributed by atoms with E-state index in [1.807, 2.05) is 0 Å². The molecule has 48 nitrogen and oxygen atoms in total. The fraction of sp³-hybridized carbons (Fsp3) is 0.935. The first-order valence-electron chi connectivity index (χ1n) is 35.3. The maximum atomic E-state index is 13.2. The highest BCUT2D eigenvalue weighted by molar-refractivity contribution is 5.74. The van der Waals surface area contributed by atoms with Crippen molar-refractivity contribution in [1.29, 1.82) is 0 Å². The fourth-order valence-corrected chi connectivity index (χ4v) is 14.2. The van der Waals surface area contributed by atoms with Crippen LogP contribution in [0.1, 0.15) is 41.5 Å². The number of carbonyl (C=O) groups excluding carboxylic acids is 4. The highest BCUT2D eigenvalue weighted by Gasteiger charge is 2.61. The molecule has 636 valence electrons. The molecule has 9 heterocycles. The second kappa shape index (κ2) is 39.0. The predicted octanol–water partition coefficient (Wildman–Crippen LogP) is -18.0. The van der Waals surface area contributed by atoms with Crippen LogP contribution in [0.3, 0.4) is 0 Å². The number of carbonyl (C=O) groups is 4. The zero-order valence-corrected chi connectivity index (χ0v) is 59.8. The van der Waals surface area contributed by atoms with Gasteiger partial charge in [-0.3, -0.25) is 19.2 Å². The van der Waals surface area contributed by atoms with Crippen LogP contribution in [0.15, 0.2) is 0 Å². The van der Waals surface area contributed by atoms with Gasteiger partial charge < -0.3 is 219 Å². The van der Waals surface area contributed by atoms with Crippen molar-refractivity contribution >= 4 is 23.6 Å². The quantitative estimate of drug-likeness (QED) is 0.0363. The van der Waals surface area contributed by atoms with Gasteiger partial charge in [0.05, 0.1) is 58.5 Å². The average molecular weight is 1610 g/mol. The highest BCUT2D eigenvalue weighted by Crippen LogP contribution is 2.40. The standard InChI is InChI=1S/C62H104N4O44/c1-14-31(76)41(86)45(90)58(96-14)94-13-26-49(39(84)27(54(93)98-26)63-16(3)72)105-56-29(65-18(5)74)40(85)48(24(11-71)103-56)106-60-47(92)51(108-62-53(44(89)35(80)22(9-69)102-62)110-55-28(64-17(4)73)38(83)33(78)20(7-67)99-55)37(82)25(104-60)12-95-61-52(43(88)34(79)21(8-68)101-61)109-57-30(66-19(6)75)50(36(81)23(10-70)100-57)107-59-46(91)42(87)32(77)15(2)97-59/h14-15,20-62,67-71,76-93H,7-13H2,1-6H3,(H,63,72)(H,64,73)(H,65,74)(H,66,75)/t14-,15-,20+,21+,22+,23+,24+,25+,26+,27+,28+,29+,30+,31+,32+,33+,34+,35+,36+,37+,38+,39+,40+,41+,42+,43-,44-,45-,46-,47-,48+,49+,50+,51-,52-,53-,54+,55-,56-,57-,58+,59-,60-,61-,62+/m0/s1. The van der Waals surface area contributed by atoms with Crippen LogP contribution in [0.25, 0.3) is 0 Å². The van der Waals surface area contributed by atoms with Gasteiger partial charge in [0.25, 0.3) is 0 Å². The van der Waals surface area contributed by atoms with Crippen LogP contribution in [-0.2, 0) is 99.7 Å². The molecule has 9 aliphatic rings. The molecule has 9 aliphatic heterocycles. The molecule has 9 fully saturated rings. The molecule has 0 unspecified atom stereocenters. The fourth-order valence-electron chi connectivity index (χ4n) is 14.2. The van der Waals surface area contributed by atoms with Crippen molar-refractivity contribution in [2.75, 3.05) is 46.2 Å². The van der Waals surface area contributed by atoms with E-state index in [-0.39, 0.29) is 0 Å². The van der Waals surface area contributed by atoms with Gasteiger partial charge in [-0.15, -0.1) is 0 Å². The van der Waals surface area contributed by atoms with E-state index in [0.29, 0.717) is 0 Å². The number of hydrogen-bond acceptors (Lipinski definition) is 44. The largest absolute Gasteiger partial charge is 0.394 e. The predicted molar refractivity (Wildman–Crippen MR) is 341 cm³/mol. The smallest absolute Gasteiger partial charge is 0.217 e. The third-order valence-electron chi connectivity index (χ3n) is 20.3. The molecule has 0 saturated carbocycles. The maximum absolute atomic E-state index is 13.2. The molecule has 0 aromatic carbocycles. The second-order valence-corrected chi connectivity index (χ2v) is 28.2. The molecule has 27 N–H and O–H groups in total. The summed E-state index contributed by atoms with van der Waals surface area (Å²) < 4.78 is 101. The number of ether oxygens (including phenoxy) is 17. The van der Waals surface area contributed by atoms with Crippen LogP contribution in [0.4, 0.5) is 0 Å². The lowest BCUT2D eigenvalue weighted by atomic mass is 9.93. The van der Waals surface area contributed by atoms with E-state index in [9.17, 15) is 137 Å². The third kappa shape index (κ3) is 19.9. The van der Waals surface area contributed by atoms with Crippen molar-refractivity contribution in [2.45, 2.75) is 318 Å². The van der Waals surface area contributed by atoms with Gasteiger partial charge in [0.2, 0.25) is 23.6 Å². The zero-order valence-electron chi connectivity index (χ0n) is 59.8. The summed E-state index contributed by atoms with van der Waals surface area (Å²) in [4.78, 5) is 51.1. The molecule has 0 radical (unpaired) electrons. The molecule has 45 atom stereocenters. The number of hydrogen-bond donors (Lipinski definition) is 27. The summed E-state index contributed by atoms with van der Waals surface area (Å²) in [6.07, 6.45) is -82.0. The first-order valence-corrected chi connectivity index (χ1v) is 35.3. The molecule has 0 spiro atoms. The molecule has 4 amide bonds. The summed E-state index contributed by atoms with van der Waals surface area (Å²) in [5.41, 5.74) is 0. The normalized spacial score (nSPS) is 49.6. The van der Waals surface area contributed by atoms with Crippen molar-refractivity contribution in [3.05, 3.63) is 0 Å². The van der Waals surface area contributed by atoms with Crippen molar-refractivity contribution in [1.82, 2.24) is 21.3 Å². The SMILES string of the molecule is CC(=O)N[C@@H]1[C@@H](O)[C@H](O[C@@H]2O[C@H](CO)[C@@H](O[C@@H]3O[C@H](CO[C@H]4O[C@H](CO)[C@@H](O)[C@H](O)[C@@H]4O[C@@H]4O[C@H](CO)[C@@H](O)[C@H](O[C@@H]5O[C@@H](C)[C@@H](O)[C@@H](O)[C@@H]5O)[C@H]4NC(C)=O)[C@@H](O)[C@H](O[C@H]4O[C@H](CO)[C@@H](O)[C@H](O)[C@@H]4O[C@@H]4O[C@H](CO)[C@@H](O)[C@H](O)[C@H]4NC(C)=O)[C@@H]3O)[C@H](O)[C@H]2NC(C)=O)[C@@H](CO[C@@H]2O[C@@H](C)[C@@H](O)[C@@H](O)[C@@H]2O)O[C@H]1O. The van der Waals surface area contributed by atoms with Crippen molar-refractivity contribution < 1.29 is 217 Å². The lowest BCUT2D eigenvalue weighted by molar-refractivity contribution is -0.396. The van der Waals surface area contributed by atoms with E-state index in [0.717, 1.165) is 27.7 Å². The molecule has 9 rings (SSSR count). The zero-order chi connectivity index (χ0) is 81.1. The first-order chi connectivity index (χ1) is 51.9. The number of nitrogens with one attached hydrogen (secondary N) is 4.